The number of aryl methyl sites for hydroxylation is 2. The van der Waals surface area contributed by atoms with Crippen molar-refractivity contribution in [3.8, 4) is 11.3 Å². The summed E-state index contributed by atoms with van der Waals surface area (Å²) in [5, 5.41) is 4.72. The molecule has 1 unspecified atom stereocenters. The van der Waals surface area contributed by atoms with Gasteiger partial charge in [-0.25, -0.2) is 0 Å². The molecule has 4 heterocycles. The molecule has 2 aliphatic heterocycles. The van der Waals surface area contributed by atoms with Crippen molar-refractivity contribution >= 4 is 16.8 Å². The number of fused-ring (bicyclic) bond motifs is 1. The Hall–Kier alpha value is -2.70. The number of nitrogens with zero attached hydrogens (tertiary/aromatic N) is 2. The second-order valence-corrected chi connectivity index (χ2v) is 10.6. The van der Waals surface area contributed by atoms with Gasteiger partial charge in [-0.15, -0.1) is 0 Å². The molecular weight excluding hydrogens is 436 g/mol. The molecule has 2 aromatic heterocycles. The van der Waals surface area contributed by atoms with Gasteiger partial charge in [-0.05, 0) is 73.9 Å². The highest BCUT2D eigenvalue weighted by molar-refractivity contribution is 5.92. The first-order valence-corrected chi connectivity index (χ1v) is 13.1. The number of amides is 1. The van der Waals surface area contributed by atoms with Crippen LogP contribution in [0, 0.1) is 13.8 Å². The lowest BCUT2D eigenvalue weighted by Gasteiger charge is -2.34. The van der Waals surface area contributed by atoms with E-state index in [1.54, 1.807) is 0 Å². The first-order chi connectivity index (χ1) is 16.9. The van der Waals surface area contributed by atoms with Crippen LogP contribution in [0.2, 0.25) is 0 Å². The Bertz CT molecular complexity index is 1180. The van der Waals surface area contributed by atoms with Crippen LogP contribution in [-0.4, -0.2) is 59.7 Å². The average Bonchev–Trinajstić information content (AvgIpc) is 3.23. The molecule has 2 saturated heterocycles. The van der Waals surface area contributed by atoms with Crippen molar-refractivity contribution in [2.24, 2.45) is 0 Å². The number of likely N-dealkylation sites (tertiary alicyclic amines) is 1. The molecule has 6 nitrogen and oxygen atoms in total. The minimum absolute atomic E-state index is 0.154. The fourth-order valence-electron chi connectivity index (χ4n) is 5.84. The van der Waals surface area contributed by atoms with E-state index in [1.165, 1.54) is 33.3 Å². The number of ether oxygens (including phenoxy) is 1. The van der Waals surface area contributed by atoms with Gasteiger partial charge in [0.2, 0.25) is 5.91 Å². The molecule has 0 spiro atoms. The first kappa shape index (κ1) is 24.0. The van der Waals surface area contributed by atoms with Gasteiger partial charge in [0.05, 0.1) is 18.9 Å². The van der Waals surface area contributed by atoms with E-state index in [9.17, 15) is 4.79 Å². The molecule has 0 aliphatic carbocycles. The number of carbonyl (C=O) groups is 1. The number of piperidine rings is 1. The van der Waals surface area contributed by atoms with Gasteiger partial charge >= 0.3 is 0 Å². The summed E-state index contributed by atoms with van der Waals surface area (Å²) < 4.78 is 5.51. The Morgan fingerprint density at radius 3 is 2.54 bits per heavy atom. The van der Waals surface area contributed by atoms with E-state index >= 15 is 0 Å². The second kappa shape index (κ2) is 10.1. The maximum atomic E-state index is 12.8. The monoisotopic (exact) mass is 474 g/mol. The van der Waals surface area contributed by atoms with Crippen LogP contribution in [-0.2, 0) is 9.53 Å². The second-order valence-electron chi connectivity index (χ2n) is 10.6. The number of carbonyl (C=O) groups excluding carboxylic acids is 1. The zero-order chi connectivity index (χ0) is 24.5. The number of nitrogens with one attached hydrogen (secondary N) is 2. The maximum absolute atomic E-state index is 12.8. The largest absolute Gasteiger partial charge is 0.378 e. The summed E-state index contributed by atoms with van der Waals surface area (Å²) in [6.45, 7) is 12.5. The smallest absolute Gasteiger partial charge is 0.224 e. The topological polar surface area (TPSA) is 70.2 Å². The number of H-pyrrole nitrogens is 1. The molecule has 0 bridgehead atoms. The lowest BCUT2D eigenvalue weighted by atomic mass is 9.87. The van der Waals surface area contributed by atoms with E-state index in [0.717, 1.165) is 50.5 Å². The standard InChI is InChI=1S/C29H38N4O2/c1-18(2)28-25-15-22(5-6-26(25)32-29(28)23-13-19(3)31-20(4)14-23)21-7-10-33(11-8-21)27(34)16-24-17-35-12-9-30-24/h5-6,13-15,18,21,24,30,32H,7-12,16-17H2,1-4H3. The Balaban J connectivity index is 1.34. The number of rotatable bonds is 5. The molecule has 1 atom stereocenters. The molecular formula is C29H38N4O2. The van der Waals surface area contributed by atoms with E-state index < -0.39 is 0 Å². The number of aromatic nitrogens is 2. The number of aromatic amines is 1. The van der Waals surface area contributed by atoms with Crippen molar-refractivity contribution in [2.45, 2.75) is 64.8 Å². The highest BCUT2D eigenvalue weighted by atomic mass is 16.5. The van der Waals surface area contributed by atoms with Gasteiger partial charge in [0.25, 0.3) is 0 Å². The zero-order valence-electron chi connectivity index (χ0n) is 21.5. The molecule has 2 aliphatic rings. The summed E-state index contributed by atoms with van der Waals surface area (Å²) in [6, 6.07) is 11.4. The number of pyridine rings is 1. The summed E-state index contributed by atoms with van der Waals surface area (Å²) in [6.07, 6.45) is 2.57. The Kier molecular flexibility index (Phi) is 6.94. The molecule has 2 fully saturated rings. The van der Waals surface area contributed by atoms with Gasteiger partial charge in [0.15, 0.2) is 0 Å². The average molecular weight is 475 g/mol. The lowest BCUT2D eigenvalue weighted by Crippen LogP contribution is -2.46. The van der Waals surface area contributed by atoms with Crippen LogP contribution in [0.5, 0.6) is 0 Å². The van der Waals surface area contributed by atoms with Gasteiger partial charge in [0.1, 0.15) is 0 Å². The molecule has 35 heavy (non-hydrogen) atoms. The van der Waals surface area contributed by atoms with Gasteiger partial charge < -0.3 is 19.9 Å². The van der Waals surface area contributed by atoms with Crippen molar-refractivity contribution in [3.05, 3.63) is 52.8 Å². The van der Waals surface area contributed by atoms with Crippen LogP contribution >= 0.6 is 0 Å². The summed E-state index contributed by atoms with van der Waals surface area (Å²) in [5.74, 6) is 1.14. The molecule has 2 N–H and O–H groups in total. The van der Waals surface area contributed by atoms with Crippen molar-refractivity contribution in [1.82, 2.24) is 20.2 Å². The number of hydrogen-bond acceptors (Lipinski definition) is 4. The number of benzene rings is 1. The maximum Gasteiger partial charge on any atom is 0.224 e. The van der Waals surface area contributed by atoms with Gasteiger partial charge in [-0.1, -0.05) is 19.9 Å². The van der Waals surface area contributed by atoms with Crippen LogP contribution in [0.25, 0.3) is 22.2 Å². The SMILES string of the molecule is Cc1cc(-c2[nH]c3ccc(C4CCN(C(=O)CC5COCCN5)CC4)cc3c2C(C)C)cc(C)n1. The normalized spacial score (nSPS) is 19.6. The van der Waals surface area contributed by atoms with E-state index in [-0.39, 0.29) is 11.9 Å². The Morgan fingerprint density at radius 2 is 1.89 bits per heavy atom. The lowest BCUT2D eigenvalue weighted by molar-refractivity contribution is -0.133. The quantitative estimate of drug-likeness (QED) is 0.543. The van der Waals surface area contributed by atoms with Gasteiger partial charge in [0, 0.05) is 60.0 Å². The third kappa shape index (κ3) is 5.14. The molecule has 1 amide bonds. The zero-order valence-corrected chi connectivity index (χ0v) is 21.5. The Morgan fingerprint density at radius 1 is 1.14 bits per heavy atom. The van der Waals surface area contributed by atoms with E-state index in [0.29, 0.717) is 24.9 Å². The Labute approximate surface area is 208 Å². The van der Waals surface area contributed by atoms with Crippen molar-refractivity contribution in [3.63, 3.8) is 0 Å². The minimum Gasteiger partial charge on any atom is -0.378 e. The van der Waals surface area contributed by atoms with E-state index in [4.69, 9.17) is 4.74 Å². The minimum atomic E-state index is 0.154. The van der Waals surface area contributed by atoms with Crippen molar-refractivity contribution in [1.29, 1.82) is 0 Å². The molecule has 1 aromatic carbocycles. The van der Waals surface area contributed by atoms with Crippen molar-refractivity contribution in [2.75, 3.05) is 32.8 Å². The molecule has 5 rings (SSSR count). The van der Waals surface area contributed by atoms with E-state index in [1.807, 2.05) is 4.90 Å². The summed E-state index contributed by atoms with van der Waals surface area (Å²) in [7, 11) is 0. The van der Waals surface area contributed by atoms with Gasteiger partial charge in [-0.3, -0.25) is 9.78 Å². The predicted molar refractivity (Wildman–Crippen MR) is 141 cm³/mol. The molecule has 186 valence electrons. The fraction of sp³-hybridized carbons (Fsp3) is 0.517. The summed E-state index contributed by atoms with van der Waals surface area (Å²) in [5.41, 5.74) is 8.46. The predicted octanol–water partition coefficient (Wildman–Crippen LogP) is 5.05. The third-order valence-corrected chi connectivity index (χ3v) is 7.55. The first-order valence-electron chi connectivity index (χ1n) is 13.1. The van der Waals surface area contributed by atoms with Crippen LogP contribution in [0.3, 0.4) is 0 Å². The van der Waals surface area contributed by atoms with Crippen LogP contribution < -0.4 is 5.32 Å². The summed E-state index contributed by atoms with van der Waals surface area (Å²) >= 11 is 0. The number of hydrogen-bond donors (Lipinski definition) is 2. The highest BCUT2D eigenvalue weighted by Crippen LogP contribution is 2.38. The number of morpholine rings is 1. The van der Waals surface area contributed by atoms with Crippen LogP contribution in [0.1, 0.15) is 67.5 Å². The highest BCUT2D eigenvalue weighted by Gasteiger charge is 2.27. The molecule has 0 saturated carbocycles. The molecule has 6 heteroatoms. The van der Waals surface area contributed by atoms with Crippen LogP contribution in [0.15, 0.2) is 30.3 Å². The van der Waals surface area contributed by atoms with E-state index in [2.05, 4.69) is 73.3 Å². The fourth-order valence-corrected chi connectivity index (χ4v) is 5.84. The molecule has 0 radical (unpaired) electrons. The third-order valence-electron chi connectivity index (χ3n) is 7.55. The molecule has 3 aromatic rings. The summed E-state index contributed by atoms with van der Waals surface area (Å²) in [4.78, 5) is 23.1. The van der Waals surface area contributed by atoms with Gasteiger partial charge in [-0.2, -0.15) is 0 Å². The van der Waals surface area contributed by atoms with Crippen molar-refractivity contribution < 1.29 is 9.53 Å². The van der Waals surface area contributed by atoms with Crippen LogP contribution in [0.4, 0.5) is 0 Å².